The fourth-order valence-electron chi connectivity index (χ4n) is 1.77. The van der Waals surface area contributed by atoms with Gasteiger partial charge in [-0.15, -0.1) is 11.3 Å². The molecule has 0 aliphatic carbocycles. The van der Waals surface area contributed by atoms with Gasteiger partial charge in [-0.25, -0.2) is 0 Å². The van der Waals surface area contributed by atoms with Crippen molar-refractivity contribution in [2.45, 2.75) is 13.8 Å². The molecular weight excluding hydrogens is 234 g/mol. The first-order chi connectivity index (χ1) is 8.04. The zero-order valence-corrected chi connectivity index (χ0v) is 10.8. The third-order valence-corrected chi connectivity index (χ3v) is 4.05. The molecule has 0 fully saturated rings. The van der Waals surface area contributed by atoms with E-state index in [1.807, 2.05) is 19.1 Å². The van der Waals surface area contributed by atoms with Crippen LogP contribution in [-0.4, -0.2) is 18.7 Å². The smallest absolute Gasteiger partial charge is 0.261 e. The van der Waals surface area contributed by atoms with E-state index in [2.05, 4.69) is 5.32 Å². The van der Waals surface area contributed by atoms with E-state index in [1.54, 1.807) is 20.0 Å². The SMILES string of the molecule is CNC(=O)c1sc2ccc(C(C)=O)cc2c1C. The van der Waals surface area contributed by atoms with E-state index < -0.39 is 0 Å². The molecule has 0 saturated carbocycles. The number of amides is 1. The lowest BCUT2D eigenvalue weighted by Crippen LogP contribution is -2.17. The normalized spacial score (nSPS) is 10.5. The van der Waals surface area contributed by atoms with Crippen molar-refractivity contribution in [3.63, 3.8) is 0 Å². The lowest BCUT2D eigenvalue weighted by atomic mass is 10.1. The topological polar surface area (TPSA) is 46.2 Å². The molecule has 1 heterocycles. The van der Waals surface area contributed by atoms with Crippen LogP contribution in [0.25, 0.3) is 10.1 Å². The van der Waals surface area contributed by atoms with Gasteiger partial charge in [-0.05, 0) is 43.0 Å². The van der Waals surface area contributed by atoms with Crippen molar-refractivity contribution in [2.24, 2.45) is 0 Å². The van der Waals surface area contributed by atoms with Gasteiger partial charge >= 0.3 is 0 Å². The first kappa shape index (κ1) is 11.8. The van der Waals surface area contributed by atoms with E-state index in [1.165, 1.54) is 11.3 Å². The Morgan fingerprint density at radius 1 is 1.29 bits per heavy atom. The van der Waals surface area contributed by atoms with E-state index in [0.717, 1.165) is 15.6 Å². The molecule has 0 aliphatic heterocycles. The molecule has 2 aromatic rings. The van der Waals surface area contributed by atoms with Crippen molar-refractivity contribution in [3.05, 3.63) is 34.2 Å². The number of carbonyl (C=O) groups excluding carboxylic acids is 2. The summed E-state index contributed by atoms with van der Waals surface area (Å²) in [7, 11) is 1.62. The second kappa shape index (κ2) is 4.30. The molecule has 0 atom stereocenters. The minimum atomic E-state index is -0.0759. The summed E-state index contributed by atoms with van der Waals surface area (Å²) < 4.78 is 1.03. The molecule has 0 bridgehead atoms. The van der Waals surface area contributed by atoms with Crippen LogP contribution in [0.15, 0.2) is 18.2 Å². The number of aryl methyl sites for hydroxylation is 1. The van der Waals surface area contributed by atoms with Gasteiger partial charge in [0.2, 0.25) is 0 Å². The first-order valence-electron chi connectivity index (χ1n) is 5.30. The van der Waals surface area contributed by atoms with Crippen molar-refractivity contribution in [2.75, 3.05) is 7.05 Å². The number of rotatable bonds is 2. The number of fused-ring (bicyclic) bond motifs is 1. The van der Waals surface area contributed by atoms with Gasteiger partial charge < -0.3 is 5.32 Å². The Balaban J connectivity index is 2.66. The van der Waals surface area contributed by atoms with Crippen LogP contribution < -0.4 is 5.32 Å². The largest absolute Gasteiger partial charge is 0.354 e. The van der Waals surface area contributed by atoms with E-state index in [4.69, 9.17) is 0 Å². The van der Waals surface area contributed by atoms with Gasteiger partial charge in [0.15, 0.2) is 5.78 Å². The van der Waals surface area contributed by atoms with Gasteiger partial charge in [0, 0.05) is 17.3 Å². The van der Waals surface area contributed by atoms with Crippen molar-refractivity contribution in [1.82, 2.24) is 5.32 Å². The standard InChI is InChI=1S/C13H13NO2S/c1-7-10-6-9(8(2)15)4-5-11(10)17-12(7)13(16)14-3/h4-6H,1-3H3,(H,14,16). The van der Waals surface area contributed by atoms with Gasteiger partial charge in [-0.1, -0.05) is 0 Å². The van der Waals surface area contributed by atoms with E-state index >= 15 is 0 Å². The van der Waals surface area contributed by atoms with Gasteiger partial charge in [0.25, 0.3) is 5.91 Å². The predicted molar refractivity (Wildman–Crippen MR) is 70.0 cm³/mol. The number of nitrogens with one attached hydrogen (secondary N) is 1. The van der Waals surface area contributed by atoms with Crippen LogP contribution >= 0.6 is 11.3 Å². The van der Waals surface area contributed by atoms with Crippen LogP contribution in [0.3, 0.4) is 0 Å². The fraction of sp³-hybridized carbons (Fsp3) is 0.231. The Bertz CT molecular complexity index is 613. The lowest BCUT2D eigenvalue weighted by Gasteiger charge is -1.98. The number of hydrogen-bond donors (Lipinski definition) is 1. The van der Waals surface area contributed by atoms with Crippen LogP contribution in [0.4, 0.5) is 0 Å². The number of carbonyl (C=O) groups is 2. The van der Waals surface area contributed by atoms with Crippen molar-refractivity contribution >= 4 is 33.1 Å². The van der Waals surface area contributed by atoms with Crippen molar-refractivity contribution in [1.29, 1.82) is 0 Å². The molecule has 0 radical (unpaired) electrons. The maximum Gasteiger partial charge on any atom is 0.261 e. The Labute approximate surface area is 103 Å². The Kier molecular flexibility index (Phi) is 2.98. The number of Topliss-reactive ketones (excluding diaryl/α,β-unsaturated/α-hetero) is 1. The Morgan fingerprint density at radius 3 is 2.59 bits per heavy atom. The highest BCUT2D eigenvalue weighted by Gasteiger charge is 2.14. The predicted octanol–water partition coefficient (Wildman–Crippen LogP) is 2.77. The first-order valence-corrected chi connectivity index (χ1v) is 6.12. The molecule has 0 spiro atoms. The number of hydrogen-bond acceptors (Lipinski definition) is 3. The van der Waals surface area contributed by atoms with Gasteiger partial charge in [-0.3, -0.25) is 9.59 Å². The number of ketones is 1. The van der Waals surface area contributed by atoms with Crippen LogP contribution in [0.1, 0.15) is 32.5 Å². The van der Waals surface area contributed by atoms with Gasteiger partial charge in [-0.2, -0.15) is 0 Å². The summed E-state index contributed by atoms with van der Waals surface area (Å²) in [5.74, 6) is -0.0351. The monoisotopic (exact) mass is 247 g/mol. The van der Waals surface area contributed by atoms with E-state index in [9.17, 15) is 9.59 Å². The van der Waals surface area contributed by atoms with Crippen molar-refractivity contribution < 1.29 is 9.59 Å². The highest BCUT2D eigenvalue weighted by Crippen LogP contribution is 2.31. The minimum absolute atomic E-state index is 0.0407. The average molecular weight is 247 g/mol. The van der Waals surface area contributed by atoms with Crippen LogP contribution in [0.5, 0.6) is 0 Å². The number of thiophene rings is 1. The summed E-state index contributed by atoms with van der Waals surface area (Å²) in [5, 5.41) is 3.61. The highest BCUT2D eigenvalue weighted by atomic mass is 32.1. The molecule has 2 rings (SSSR count). The third kappa shape index (κ3) is 1.96. The third-order valence-electron chi connectivity index (χ3n) is 2.78. The maximum atomic E-state index is 11.7. The minimum Gasteiger partial charge on any atom is -0.354 e. The van der Waals surface area contributed by atoms with E-state index in [0.29, 0.717) is 10.4 Å². The molecule has 4 heteroatoms. The van der Waals surface area contributed by atoms with Crippen molar-refractivity contribution in [3.8, 4) is 0 Å². The molecule has 88 valence electrons. The zero-order valence-electron chi connectivity index (χ0n) is 9.96. The second-order valence-corrected chi connectivity index (χ2v) is 4.95. The summed E-state index contributed by atoms with van der Waals surface area (Å²) in [6.45, 7) is 3.45. The summed E-state index contributed by atoms with van der Waals surface area (Å²) >= 11 is 1.45. The van der Waals surface area contributed by atoms with E-state index in [-0.39, 0.29) is 11.7 Å². The molecule has 1 aromatic heterocycles. The van der Waals surface area contributed by atoms with Gasteiger partial charge in [0.1, 0.15) is 0 Å². The molecule has 1 N–H and O–H groups in total. The molecule has 1 amide bonds. The average Bonchev–Trinajstić information content (AvgIpc) is 2.65. The summed E-state index contributed by atoms with van der Waals surface area (Å²) in [6, 6.07) is 5.56. The van der Waals surface area contributed by atoms with Crippen LogP contribution in [0.2, 0.25) is 0 Å². The molecular formula is C13H13NO2S. The Hall–Kier alpha value is -1.68. The molecule has 0 saturated heterocycles. The quantitative estimate of drug-likeness (QED) is 0.829. The summed E-state index contributed by atoms with van der Waals surface area (Å²) in [6.07, 6.45) is 0. The highest BCUT2D eigenvalue weighted by molar-refractivity contribution is 7.21. The van der Waals surface area contributed by atoms with Gasteiger partial charge in [0.05, 0.1) is 4.88 Å². The number of benzene rings is 1. The molecule has 0 unspecified atom stereocenters. The zero-order chi connectivity index (χ0) is 12.6. The van der Waals surface area contributed by atoms with Crippen LogP contribution in [-0.2, 0) is 0 Å². The molecule has 3 nitrogen and oxygen atoms in total. The Morgan fingerprint density at radius 2 is 2.00 bits per heavy atom. The molecule has 1 aromatic carbocycles. The summed E-state index contributed by atoms with van der Waals surface area (Å²) in [4.78, 5) is 23.7. The summed E-state index contributed by atoms with van der Waals surface area (Å²) in [5.41, 5.74) is 1.62. The maximum absolute atomic E-state index is 11.7. The van der Waals surface area contributed by atoms with Crippen LogP contribution in [0, 0.1) is 6.92 Å². The second-order valence-electron chi connectivity index (χ2n) is 3.90. The molecule has 0 aliphatic rings. The lowest BCUT2D eigenvalue weighted by molar-refractivity contribution is 0.0965. The molecule has 17 heavy (non-hydrogen) atoms. The fourth-order valence-corrected chi connectivity index (χ4v) is 2.91.